The van der Waals surface area contributed by atoms with Crippen LogP contribution in [0.4, 0.5) is 5.69 Å². The minimum atomic E-state index is 0.514. The van der Waals surface area contributed by atoms with Crippen LogP contribution in [0.2, 0.25) is 0 Å². The second-order valence-corrected chi connectivity index (χ2v) is 5.82. The van der Waals surface area contributed by atoms with Crippen molar-refractivity contribution >= 4 is 28.3 Å². The normalized spacial score (nSPS) is 10.7. The molecule has 19 heavy (non-hydrogen) atoms. The van der Waals surface area contributed by atoms with Crippen LogP contribution in [-0.4, -0.2) is 6.61 Å². The van der Waals surface area contributed by atoms with E-state index in [1.54, 1.807) is 0 Å². The third-order valence-electron chi connectivity index (χ3n) is 2.54. The third-order valence-corrected chi connectivity index (χ3v) is 3.12. The zero-order chi connectivity index (χ0) is 13.7. The smallest absolute Gasteiger partial charge is 0.164 e. The van der Waals surface area contributed by atoms with E-state index < -0.39 is 0 Å². The van der Waals surface area contributed by atoms with E-state index in [9.17, 15) is 0 Å². The van der Waals surface area contributed by atoms with Crippen molar-refractivity contribution in [3.05, 3.63) is 45.9 Å². The van der Waals surface area contributed by atoms with Gasteiger partial charge in [-0.3, -0.25) is 0 Å². The van der Waals surface area contributed by atoms with E-state index in [1.165, 1.54) is 0 Å². The summed E-state index contributed by atoms with van der Waals surface area (Å²) in [6, 6.07) is 11.9. The Labute approximate surface area is 127 Å². The summed E-state index contributed by atoms with van der Waals surface area (Å²) in [5.74, 6) is 2.32. The van der Waals surface area contributed by atoms with Crippen molar-refractivity contribution < 1.29 is 9.15 Å². The number of hydrogen-bond donors (Lipinski definition) is 1. The Morgan fingerprint density at radius 3 is 2.68 bits per heavy atom. The second-order valence-electron chi connectivity index (χ2n) is 4.76. The summed E-state index contributed by atoms with van der Waals surface area (Å²) in [6.45, 7) is 5.66. The SMILES string of the molecule is CC(C)COc1ccccc1NCc1ccc(I)o1. The number of benzene rings is 1. The predicted molar refractivity (Wildman–Crippen MR) is 85.5 cm³/mol. The van der Waals surface area contributed by atoms with Crippen LogP contribution in [0.3, 0.4) is 0 Å². The molecular formula is C15H18INO2. The number of halogens is 1. The first-order valence-corrected chi connectivity index (χ1v) is 7.43. The quantitative estimate of drug-likeness (QED) is 0.758. The van der Waals surface area contributed by atoms with Crippen LogP contribution in [0.1, 0.15) is 19.6 Å². The maximum Gasteiger partial charge on any atom is 0.164 e. The molecule has 0 aliphatic carbocycles. The van der Waals surface area contributed by atoms with Crippen molar-refractivity contribution in [2.45, 2.75) is 20.4 Å². The van der Waals surface area contributed by atoms with E-state index in [0.717, 1.165) is 27.6 Å². The topological polar surface area (TPSA) is 34.4 Å². The van der Waals surface area contributed by atoms with E-state index in [2.05, 4.69) is 41.8 Å². The Kier molecular flexibility index (Phi) is 5.13. The molecular weight excluding hydrogens is 353 g/mol. The van der Waals surface area contributed by atoms with Crippen LogP contribution in [-0.2, 0) is 6.54 Å². The Morgan fingerprint density at radius 1 is 1.21 bits per heavy atom. The van der Waals surface area contributed by atoms with Gasteiger partial charge in [0, 0.05) is 0 Å². The van der Waals surface area contributed by atoms with Crippen LogP contribution in [0.5, 0.6) is 5.75 Å². The van der Waals surface area contributed by atoms with Gasteiger partial charge in [-0.15, -0.1) is 0 Å². The lowest BCUT2D eigenvalue weighted by Gasteiger charge is -2.13. The highest BCUT2D eigenvalue weighted by atomic mass is 127. The van der Waals surface area contributed by atoms with Crippen LogP contribution in [0.25, 0.3) is 0 Å². The lowest BCUT2D eigenvalue weighted by Crippen LogP contribution is -2.07. The number of ether oxygens (including phenoxy) is 1. The molecule has 0 saturated carbocycles. The highest BCUT2D eigenvalue weighted by Crippen LogP contribution is 2.25. The molecule has 1 heterocycles. The molecule has 2 rings (SSSR count). The maximum atomic E-state index is 5.80. The largest absolute Gasteiger partial charge is 0.491 e. The van der Waals surface area contributed by atoms with E-state index >= 15 is 0 Å². The standard InChI is InChI=1S/C15H18INO2/c1-11(2)10-18-14-6-4-3-5-13(14)17-9-12-7-8-15(16)19-12/h3-8,11,17H,9-10H2,1-2H3. The Morgan fingerprint density at radius 2 is 2.00 bits per heavy atom. The van der Waals surface area contributed by atoms with Gasteiger partial charge in [0.2, 0.25) is 0 Å². The number of nitrogens with one attached hydrogen (secondary N) is 1. The summed E-state index contributed by atoms with van der Waals surface area (Å²) in [6.07, 6.45) is 0. The van der Waals surface area contributed by atoms with Gasteiger partial charge in [0.05, 0.1) is 18.8 Å². The second kappa shape index (κ2) is 6.84. The van der Waals surface area contributed by atoms with E-state index in [1.807, 2.05) is 36.4 Å². The van der Waals surface area contributed by atoms with Gasteiger partial charge in [-0.25, -0.2) is 0 Å². The Balaban J connectivity index is 1.99. The first-order chi connectivity index (χ1) is 9.15. The highest BCUT2D eigenvalue weighted by Gasteiger charge is 2.05. The van der Waals surface area contributed by atoms with Crippen LogP contribution < -0.4 is 10.1 Å². The molecule has 4 heteroatoms. The van der Waals surface area contributed by atoms with Crippen molar-refractivity contribution in [3.63, 3.8) is 0 Å². The lowest BCUT2D eigenvalue weighted by atomic mass is 10.2. The molecule has 0 fully saturated rings. The van der Waals surface area contributed by atoms with Gasteiger partial charge in [0.15, 0.2) is 3.77 Å². The monoisotopic (exact) mass is 371 g/mol. The van der Waals surface area contributed by atoms with E-state index in [0.29, 0.717) is 12.5 Å². The van der Waals surface area contributed by atoms with E-state index in [-0.39, 0.29) is 0 Å². The summed E-state index contributed by atoms with van der Waals surface area (Å²) in [7, 11) is 0. The van der Waals surface area contributed by atoms with Crippen molar-refractivity contribution in [2.24, 2.45) is 5.92 Å². The summed E-state index contributed by atoms with van der Waals surface area (Å²) in [5.41, 5.74) is 0.995. The van der Waals surface area contributed by atoms with Crippen molar-refractivity contribution in [1.29, 1.82) is 0 Å². The van der Waals surface area contributed by atoms with Gasteiger partial charge in [-0.05, 0) is 52.8 Å². The number of rotatable bonds is 6. The van der Waals surface area contributed by atoms with Crippen LogP contribution in [0.15, 0.2) is 40.8 Å². The first kappa shape index (κ1) is 14.2. The highest BCUT2D eigenvalue weighted by molar-refractivity contribution is 14.1. The van der Waals surface area contributed by atoms with Crippen molar-refractivity contribution in [3.8, 4) is 5.75 Å². The molecule has 3 nitrogen and oxygen atoms in total. The fraction of sp³-hybridized carbons (Fsp3) is 0.333. The van der Waals surface area contributed by atoms with Gasteiger partial charge in [0.25, 0.3) is 0 Å². The Hall–Kier alpha value is -1.17. The maximum absolute atomic E-state index is 5.80. The van der Waals surface area contributed by atoms with Gasteiger partial charge in [-0.2, -0.15) is 0 Å². The summed E-state index contributed by atoms with van der Waals surface area (Å²) in [5, 5.41) is 3.34. The molecule has 0 saturated heterocycles. The molecule has 1 N–H and O–H groups in total. The average Bonchev–Trinajstić information content (AvgIpc) is 2.80. The van der Waals surface area contributed by atoms with Crippen molar-refractivity contribution in [1.82, 2.24) is 0 Å². The lowest BCUT2D eigenvalue weighted by molar-refractivity contribution is 0.272. The van der Waals surface area contributed by atoms with Crippen LogP contribution >= 0.6 is 22.6 Å². The molecule has 0 aliphatic heterocycles. The molecule has 1 aromatic heterocycles. The average molecular weight is 371 g/mol. The molecule has 1 aromatic carbocycles. The minimum absolute atomic E-state index is 0.514. The molecule has 0 bridgehead atoms. The van der Waals surface area contributed by atoms with Gasteiger partial charge in [0.1, 0.15) is 11.5 Å². The number of para-hydroxylation sites is 2. The number of anilines is 1. The fourth-order valence-corrected chi connectivity index (χ4v) is 2.09. The Bertz CT molecular complexity index is 522. The van der Waals surface area contributed by atoms with Crippen LogP contribution in [0, 0.1) is 9.68 Å². The van der Waals surface area contributed by atoms with Crippen molar-refractivity contribution in [2.75, 3.05) is 11.9 Å². The summed E-state index contributed by atoms with van der Waals surface area (Å²) >= 11 is 2.16. The third kappa shape index (κ3) is 4.45. The van der Waals surface area contributed by atoms with Gasteiger partial charge >= 0.3 is 0 Å². The number of hydrogen-bond acceptors (Lipinski definition) is 3. The molecule has 2 aromatic rings. The fourth-order valence-electron chi connectivity index (χ4n) is 1.62. The number of furan rings is 1. The molecule has 0 amide bonds. The molecule has 0 spiro atoms. The molecule has 0 atom stereocenters. The zero-order valence-electron chi connectivity index (χ0n) is 11.2. The van der Waals surface area contributed by atoms with E-state index in [4.69, 9.17) is 9.15 Å². The molecule has 102 valence electrons. The minimum Gasteiger partial charge on any atom is -0.491 e. The molecule has 0 aliphatic rings. The van der Waals surface area contributed by atoms with Gasteiger partial charge < -0.3 is 14.5 Å². The first-order valence-electron chi connectivity index (χ1n) is 6.35. The summed E-state index contributed by atoms with van der Waals surface area (Å²) < 4.78 is 12.2. The predicted octanol–water partition coefficient (Wildman–Crippen LogP) is 4.53. The molecule has 0 radical (unpaired) electrons. The zero-order valence-corrected chi connectivity index (χ0v) is 13.3. The van der Waals surface area contributed by atoms with Gasteiger partial charge in [-0.1, -0.05) is 26.0 Å². The summed E-state index contributed by atoms with van der Waals surface area (Å²) in [4.78, 5) is 0. The molecule has 0 unspecified atom stereocenters.